The number of rotatable bonds is 6. The molecule has 0 atom stereocenters. The molecule has 0 bridgehead atoms. The number of hydrogen-bond acceptors (Lipinski definition) is 1. The molecular weight excluding hydrogens is 243 g/mol. The summed E-state index contributed by atoms with van der Waals surface area (Å²) in [5.74, 6) is 0.0312. The zero-order valence-electron chi connectivity index (χ0n) is 10.0. The zero-order chi connectivity index (χ0) is 12.6. The Bertz CT molecular complexity index is 325. The van der Waals surface area contributed by atoms with Gasteiger partial charge in [0.25, 0.3) is 0 Å². The fourth-order valence-corrected chi connectivity index (χ4v) is 1.77. The van der Waals surface area contributed by atoms with Crippen molar-refractivity contribution in [1.29, 1.82) is 0 Å². The van der Waals surface area contributed by atoms with Gasteiger partial charge in [0.15, 0.2) is 5.78 Å². The van der Waals surface area contributed by atoms with Gasteiger partial charge in [0.2, 0.25) is 0 Å². The number of Topliss-reactive ketones (excluding diaryl/α,β-unsaturated/α-hetero) is 1. The fourth-order valence-electron chi connectivity index (χ4n) is 1.16. The summed E-state index contributed by atoms with van der Waals surface area (Å²) < 4.78 is 0. The molecule has 0 saturated heterocycles. The van der Waals surface area contributed by atoms with Crippen molar-refractivity contribution in [2.24, 2.45) is 0 Å². The molecule has 0 fully saturated rings. The third-order valence-corrected chi connectivity index (χ3v) is 2.64. The molecule has 0 unspecified atom stereocenters. The van der Waals surface area contributed by atoms with Crippen molar-refractivity contribution < 1.29 is 4.79 Å². The van der Waals surface area contributed by atoms with Gasteiger partial charge in [-0.3, -0.25) is 4.79 Å². The first-order valence-corrected chi connectivity index (χ1v) is 6.25. The number of hydrogen-bond donors (Lipinski definition) is 0. The predicted molar refractivity (Wildman–Crippen MR) is 71.8 cm³/mol. The summed E-state index contributed by atoms with van der Waals surface area (Å²) in [6.45, 7) is 5.68. The van der Waals surface area contributed by atoms with E-state index in [0.29, 0.717) is 22.1 Å². The van der Waals surface area contributed by atoms with E-state index >= 15 is 0 Å². The maximum absolute atomic E-state index is 11.5. The van der Waals surface area contributed by atoms with Crippen LogP contribution in [0.4, 0.5) is 0 Å². The molecule has 0 N–H and O–H groups in total. The lowest BCUT2D eigenvalue weighted by molar-refractivity contribution is -0.115. The van der Waals surface area contributed by atoms with Crippen LogP contribution in [0.3, 0.4) is 0 Å². The summed E-state index contributed by atoms with van der Waals surface area (Å²) in [6, 6.07) is 0. The first-order chi connectivity index (χ1) is 7.56. The van der Waals surface area contributed by atoms with Crippen LogP contribution in [0.1, 0.15) is 40.0 Å². The number of carbonyl (C=O) groups is 1. The van der Waals surface area contributed by atoms with Gasteiger partial charge in [0, 0.05) is 17.0 Å². The average molecular weight is 261 g/mol. The van der Waals surface area contributed by atoms with Gasteiger partial charge < -0.3 is 0 Å². The predicted octanol–water partition coefficient (Wildman–Crippen LogP) is 4.96. The van der Waals surface area contributed by atoms with E-state index in [-0.39, 0.29) is 5.78 Å². The highest BCUT2D eigenvalue weighted by molar-refractivity contribution is 6.38. The van der Waals surface area contributed by atoms with E-state index in [0.717, 1.165) is 12.8 Å². The van der Waals surface area contributed by atoms with Crippen LogP contribution in [0, 0.1) is 0 Å². The van der Waals surface area contributed by atoms with Gasteiger partial charge in [-0.1, -0.05) is 55.6 Å². The van der Waals surface area contributed by atoms with E-state index < -0.39 is 0 Å². The summed E-state index contributed by atoms with van der Waals surface area (Å²) in [5, 5.41) is 0.988. The molecule has 0 saturated carbocycles. The second kappa shape index (κ2) is 8.60. The van der Waals surface area contributed by atoms with Crippen molar-refractivity contribution in [1.82, 2.24) is 0 Å². The Morgan fingerprint density at radius 1 is 1.25 bits per heavy atom. The minimum atomic E-state index is 0.0312. The van der Waals surface area contributed by atoms with E-state index in [1.165, 1.54) is 0 Å². The number of allylic oxidation sites excluding steroid dienone is 6. The number of ketones is 1. The Morgan fingerprint density at radius 3 is 2.31 bits per heavy atom. The lowest BCUT2D eigenvalue weighted by Crippen LogP contribution is -2.00. The fraction of sp³-hybridized carbons (Fsp3) is 0.462. The Labute approximate surface area is 108 Å². The van der Waals surface area contributed by atoms with Gasteiger partial charge in [-0.25, -0.2) is 0 Å². The molecule has 16 heavy (non-hydrogen) atoms. The van der Waals surface area contributed by atoms with Crippen LogP contribution in [0.25, 0.3) is 0 Å². The second-order valence-electron chi connectivity index (χ2n) is 3.35. The third-order valence-electron chi connectivity index (χ3n) is 2.06. The summed E-state index contributed by atoms with van der Waals surface area (Å²) in [4.78, 5) is 11.5. The molecule has 0 heterocycles. The molecule has 1 nitrogen and oxygen atoms in total. The van der Waals surface area contributed by atoms with Crippen molar-refractivity contribution in [3.63, 3.8) is 0 Å². The van der Waals surface area contributed by atoms with Crippen LogP contribution in [-0.4, -0.2) is 5.78 Å². The van der Waals surface area contributed by atoms with Crippen LogP contribution in [-0.2, 0) is 4.79 Å². The topological polar surface area (TPSA) is 17.1 Å². The summed E-state index contributed by atoms with van der Waals surface area (Å²) >= 11 is 12.0. The highest BCUT2D eigenvalue weighted by Gasteiger charge is 2.09. The first kappa shape index (κ1) is 15.5. The van der Waals surface area contributed by atoms with Crippen molar-refractivity contribution in [2.75, 3.05) is 0 Å². The maximum Gasteiger partial charge on any atom is 0.163 e. The normalized spacial score (nSPS) is 14.2. The highest BCUT2D eigenvalue weighted by atomic mass is 35.5. The molecule has 0 aliphatic rings. The minimum Gasteiger partial charge on any atom is -0.294 e. The van der Waals surface area contributed by atoms with Gasteiger partial charge >= 0.3 is 0 Å². The molecule has 0 aromatic rings. The largest absolute Gasteiger partial charge is 0.294 e. The van der Waals surface area contributed by atoms with E-state index in [9.17, 15) is 4.79 Å². The van der Waals surface area contributed by atoms with Crippen LogP contribution in [0.15, 0.2) is 33.9 Å². The SMILES string of the molecule is C\C=C(C(=O)CC)/C(Cl)=C\C(Cl)=C\CCC. The summed E-state index contributed by atoms with van der Waals surface area (Å²) in [6.07, 6.45) is 7.63. The minimum absolute atomic E-state index is 0.0312. The summed E-state index contributed by atoms with van der Waals surface area (Å²) in [5.41, 5.74) is 0.534. The number of carbonyl (C=O) groups excluding carboxylic acids is 1. The molecule has 90 valence electrons. The van der Waals surface area contributed by atoms with E-state index in [2.05, 4.69) is 6.92 Å². The third kappa shape index (κ3) is 5.53. The van der Waals surface area contributed by atoms with Crippen LogP contribution in [0.5, 0.6) is 0 Å². The zero-order valence-corrected chi connectivity index (χ0v) is 11.5. The lowest BCUT2D eigenvalue weighted by atomic mass is 10.1. The van der Waals surface area contributed by atoms with E-state index in [1.54, 1.807) is 19.1 Å². The Kier molecular flexibility index (Phi) is 8.32. The van der Waals surface area contributed by atoms with Crippen LogP contribution in [0.2, 0.25) is 0 Å². The van der Waals surface area contributed by atoms with Gasteiger partial charge in [-0.2, -0.15) is 0 Å². The average Bonchev–Trinajstić information content (AvgIpc) is 2.26. The molecule has 0 aromatic heterocycles. The van der Waals surface area contributed by atoms with Gasteiger partial charge in [0.1, 0.15) is 0 Å². The van der Waals surface area contributed by atoms with E-state index in [4.69, 9.17) is 23.2 Å². The van der Waals surface area contributed by atoms with Gasteiger partial charge in [-0.15, -0.1) is 0 Å². The van der Waals surface area contributed by atoms with Crippen LogP contribution >= 0.6 is 23.2 Å². The van der Waals surface area contributed by atoms with Gasteiger partial charge in [0.05, 0.1) is 5.03 Å². The molecule has 0 spiro atoms. The van der Waals surface area contributed by atoms with Crippen LogP contribution < -0.4 is 0 Å². The van der Waals surface area contributed by atoms with Crippen molar-refractivity contribution in [3.8, 4) is 0 Å². The standard InChI is InChI=1S/C13H18Cl2O/c1-4-7-8-10(14)9-12(15)11(5-2)13(16)6-3/h5,8-9H,4,6-7H2,1-3H3/b10-8-,11-5+,12-9+. The summed E-state index contributed by atoms with van der Waals surface area (Å²) in [7, 11) is 0. The number of halogens is 2. The quantitative estimate of drug-likeness (QED) is 0.488. The van der Waals surface area contributed by atoms with Crippen molar-refractivity contribution >= 4 is 29.0 Å². The van der Waals surface area contributed by atoms with Gasteiger partial charge in [-0.05, 0) is 19.4 Å². The Morgan fingerprint density at radius 2 is 1.88 bits per heavy atom. The second-order valence-corrected chi connectivity index (χ2v) is 4.19. The van der Waals surface area contributed by atoms with E-state index in [1.807, 2.05) is 13.0 Å². The molecule has 0 aromatic carbocycles. The molecule has 0 aliphatic carbocycles. The monoisotopic (exact) mass is 260 g/mol. The molecule has 0 amide bonds. The molecular formula is C13H18Cl2O. The van der Waals surface area contributed by atoms with Crippen molar-refractivity contribution in [3.05, 3.63) is 33.9 Å². The smallest absolute Gasteiger partial charge is 0.163 e. The molecule has 0 radical (unpaired) electrons. The lowest BCUT2D eigenvalue weighted by Gasteiger charge is -2.02. The Balaban J connectivity index is 4.82. The van der Waals surface area contributed by atoms with Crippen molar-refractivity contribution in [2.45, 2.75) is 40.0 Å². The first-order valence-electron chi connectivity index (χ1n) is 5.49. The Hall–Kier alpha value is -0.530. The number of unbranched alkanes of at least 4 members (excludes halogenated alkanes) is 1. The molecule has 3 heteroatoms. The molecule has 0 aliphatic heterocycles. The highest BCUT2D eigenvalue weighted by Crippen LogP contribution is 2.21. The maximum atomic E-state index is 11.5. The molecule has 0 rings (SSSR count).